The van der Waals surface area contributed by atoms with E-state index in [1.165, 1.54) is 16.5 Å². The number of urea groups is 1. The third-order valence-corrected chi connectivity index (χ3v) is 4.88. The van der Waals surface area contributed by atoms with Gasteiger partial charge in [0.1, 0.15) is 5.82 Å². The average molecular weight is 360 g/mol. The van der Waals surface area contributed by atoms with Gasteiger partial charge in [0, 0.05) is 18.8 Å². The van der Waals surface area contributed by atoms with Crippen LogP contribution in [0, 0.1) is 12.7 Å². The first-order valence-electron chi connectivity index (χ1n) is 9.10. The molecule has 136 valence electrons. The summed E-state index contributed by atoms with van der Waals surface area (Å²) < 4.78 is 14.3. The quantitative estimate of drug-likeness (QED) is 0.629. The molecule has 1 fully saturated rings. The van der Waals surface area contributed by atoms with Crippen LogP contribution in [0.5, 0.6) is 0 Å². The smallest absolute Gasteiger partial charge is 0.292 e. The SMILES string of the molecule is Cc1ccc(N2CCN(c3cccc(Cc4ccccc4)c3)C2=O)c(F)c1. The van der Waals surface area contributed by atoms with E-state index in [0.717, 1.165) is 23.2 Å². The molecule has 2 amide bonds. The van der Waals surface area contributed by atoms with E-state index < -0.39 is 0 Å². The Balaban J connectivity index is 1.56. The molecule has 0 aliphatic carbocycles. The number of rotatable bonds is 4. The zero-order chi connectivity index (χ0) is 18.8. The summed E-state index contributed by atoms with van der Waals surface area (Å²) in [6.45, 7) is 2.85. The van der Waals surface area contributed by atoms with Crippen molar-refractivity contribution in [3.8, 4) is 0 Å². The first kappa shape index (κ1) is 17.3. The Bertz CT molecular complexity index is 971. The summed E-state index contributed by atoms with van der Waals surface area (Å²) in [4.78, 5) is 16.1. The second-order valence-electron chi connectivity index (χ2n) is 6.87. The number of amides is 2. The van der Waals surface area contributed by atoms with E-state index in [1.807, 2.05) is 49.4 Å². The van der Waals surface area contributed by atoms with Crippen LogP contribution in [0.4, 0.5) is 20.6 Å². The third-order valence-electron chi connectivity index (χ3n) is 4.88. The maximum atomic E-state index is 14.3. The molecule has 3 nitrogen and oxygen atoms in total. The minimum atomic E-state index is -0.358. The van der Waals surface area contributed by atoms with Crippen molar-refractivity contribution in [2.45, 2.75) is 13.3 Å². The van der Waals surface area contributed by atoms with Crippen molar-refractivity contribution in [2.75, 3.05) is 22.9 Å². The summed E-state index contributed by atoms with van der Waals surface area (Å²) in [6, 6.07) is 23.0. The Kier molecular flexibility index (Phi) is 4.63. The molecule has 1 aliphatic heterocycles. The average Bonchev–Trinajstić information content (AvgIpc) is 3.04. The molecule has 27 heavy (non-hydrogen) atoms. The molecule has 0 unspecified atom stereocenters. The van der Waals surface area contributed by atoms with Crippen molar-refractivity contribution in [2.24, 2.45) is 0 Å². The van der Waals surface area contributed by atoms with Crippen molar-refractivity contribution in [3.05, 3.63) is 95.3 Å². The van der Waals surface area contributed by atoms with E-state index in [9.17, 15) is 9.18 Å². The van der Waals surface area contributed by atoms with Gasteiger partial charge in [0.25, 0.3) is 0 Å². The first-order chi connectivity index (χ1) is 13.1. The minimum Gasteiger partial charge on any atom is -0.292 e. The van der Waals surface area contributed by atoms with Gasteiger partial charge in [-0.25, -0.2) is 9.18 Å². The Morgan fingerprint density at radius 2 is 1.59 bits per heavy atom. The molecule has 0 aromatic heterocycles. The van der Waals surface area contributed by atoms with Crippen LogP contribution in [0.3, 0.4) is 0 Å². The minimum absolute atomic E-state index is 0.186. The van der Waals surface area contributed by atoms with Crippen molar-refractivity contribution in [1.29, 1.82) is 0 Å². The van der Waals surface area contributed by atoms with Crippen molar-refractivity contribution < 1.29 is 9.18 Å². The van der Waals surface area contributed by atoms with Crippen LogP contribution in [-0.4, -0.2) is 19.1 Å². The molecule has 1 aliphatic rings. The maximum absolute atomic E-state index is 14.3. The van der Waals surface area contributed by atoms with Crippen LogP contribution in [-0.2, 0) is 6.42 Å². The molecule has 0 saturated carbocycles. The van der Waals surface area contributed by atoms with Gasteiger partial charge in [-0.05, 0) is 54.3 Å². The number of hydrogen-bond acceptors (Lipinski definition) is 1. The van der Waals surface area contributed by atoms with Crippen LogP contribution >= 0.6 is 0 Å². The highest BCUT2D eigenvalue weighted by Crippen LogP contribution is 2.28. The predicted molar refractivity (Wildman–Crippen MR) is 107 cm³/mol. The highest BCUT2D eigenvalue weighted by atomic mass is 19.1. The second-order valence-corrected chi connectivity index (χ2v) is 6.87. The van der Waals surface area contributed by atoms with E-state index >= 15 is 0 Å². The number of benzene rings is 3. The van der Waals surface area contributed by atoms with Gasteiger partial charge < -0.3 is 0 Å². The van der Waals surface area contributed by atoms with Gasteiger partial charge in [0.05, 0.1) is 5.69 Å². The van der Waals surface area contributed by atoms with Crippen LogP contribution in [0.2, 0.25) is 0 Å². The zero-order valence-electron chi connectivity index (χ0n) is 15.2. The van der Waals surface area contributed by atoms with E-state index in [1.54, 1.807) is 11.0 Å². The molecule has 4 heteroatoms. The lowest BCUT2D eigenvalue weighted by Crippen LogP contribution is -2.32. The summed E-state index contributed by atoms with van der Waals surface area (Å²) in [5.74, 6) is -0.358. The summed E-state index contributed by atoms with van der Waals surface area (Å²) in [6.07, 6.45) is 0.813. The molecule has 4 rings (SSSR count). The van der Waals surface area contributed by atoms with Gasteiger partial charge in [-0.2, -0.15) is 0 Å². The fourth-order valence-corrected chi connectivity index (χ4v) is 3.50. The van der Waals surface area contributed by atoms with Gasteiger partial charge >= 0.3 is 6.03 Å². The van der Waals surface area contributed by atoms with E-state index in [4.69, 9.17) is 0 Å². The van der Waals surface area contributed by atoms with Crippen LogP contribution in [0.25, 0.3) is 0 Å². The third kappa shape index (κ3) is 3.56. The number of carbonyl (C=O) groups excluding carboxylic acids is 1. The number of halogens is 1. The molecule has 3 aromatic rings. The van der Waals surface area contributed by atoms with E-state index in [0.29, 0.717) is 18.8 Å². The summed E-state index contributed by atoms with van der Waals surface area (Å²) in [7, 11) is 0. The highest BCUT2D eigenvalue weighted by Gasteiger charge is 2.32. The maximum Gasteiger partial charge on any atom is 0.329 e. The standard InChI is InChI=1S/C23H21FN2O/c1-17-10-11-22(21(24)14-17)26-13-12-25(23(26)27)20-9-5-8-19(16-20)15-18-6-3-2-4-7-18/h2-11,14,16H,12-13,15H2,1H3. The molecular weight excluding hydrogens is 339 g/mol. The molecule has 1 heterocycles. The highest BCUT2D eigenvalue weighted by molar-refractivity contribution is 6.06. The molecule has 0 radical (unpaired) electrons. The molecule has 0 atom stereocenters. The van der Waals surface area contributed by atoms with Crippen LogP contribution in [0.1, 0.15) is 16.7 Å². The fraction of sp³-hybridized carbons (Fsp3) is 0.174. The Labute approximate surface area is 158 Å². The Morgan fingerprint density at radius 1 is 0.852 bits per heavy atom. The number of aryl methyl sites for hydroxylation is 1. The van der Waals surface area contributed by atoms with Crippen molar-refractivity contribution in [1.82, 2.24) is 0 Å². The number of nitrogens with zero attached hydrogens (tertiary/aromatic N) is 2. The topological polar surface area (TPSA) is 23.6 Å². The normalized spacial score (nSPS) is 14.1. The molecule has 0 spiro atoms. The molecule has 0 N–H and O–H groups in total. The molecule has 1 saturated heterocycles. The summed E-state index contributed by atoms with van der Waals surface area (Å²) in [5.41, 5.74) is 4.41. The first-order valence-corrected chi connectivity index (χ1v) is 9.10. The van der Waals surface area contributed by atoms with Crippen molar-refractivity contribution in [3.63, 3.8) is 0 Å². The van der Waals surface area contributed by atoms with E-state index in [-0.39, 0.29) is 11.8 Å². The summed E-state index contributed by atoms with van der Waals surface area (Å²) >= 11 is 0. The van der Waals surface area contributed by atoms with Gasteiger partial charge in [-0.3, -0.25) is 9.80 Å². The van der Waals surface area contributed by atoms with Gasteiger partial charge in [-0.15, -0.1) is 0 Å². The number of hydrogen-bond donors (Lipinski definition) is 0. The van der Waals surface area contributed by atoms with Crippen LogP contribution in [0.15, 0.2) is 72.8 Å². The predicted octanol–water partition coefficient (Wildman–Crippen LogP) is 5.17. The lowest BCUT2D eigenvalue weighted by molar-refractivity contribution is 0.255. The van der Waals surface area contributed by atoms with Crippen LogP contribution < -0.4 is 9.80 Å². The molecular formula is C23H21FN2O. The number of anilines is 2. The Morgan fingerprint density at radius 3 is 2.37 bits per heavy atom. The zero-order valence-corrected chi connectivity index (χ0v) is 15.2. The lowest BCUT2D eigenvalue weighted by atomic mass is 10.0. The van der Waals surface area contributed by atoms with Crippen molar-refractivity contribution >= 4 is 17.4 Å². The number of carbonyl (C=O) groups is 1. The fourth-order valence-electron chi connectivity index (χ4n) is 3.50. The monoisotopic (exact) mass is 360 g/mol. The molecule has 0 bridgehead atoms. The molecule has 3 aromatic carbocycles. The Hall–Kier alpha value is -3.14. The lowest BCUT2D eigenvalue weighted by Gasteiger charge is -2.20. The summed E-state index contributed by atoms with van der Waals surface area (Å²) in [5, 5.41) is 0. The van der Waals surface area contributed by atoms with Gasteiger partial charge in [-0.1, -0.05) is 48.5 Å². The second kappa shape index (κ2) is 7.23. The largest absolute Gasteiger partial charge is 0.329 e. The van der Waals surface area contributed by atoms with Gasteiger partial charge in [0.2, 0.25) is 0 Å². The van der Waals surface area contributed by atoms with E-state index in [2.05, 4.69) is 18.2 Å². The van der Waals surface area contributed by atoms with Gasteiger partial charge in [0.15, 0.2) is 0 Å².